The number of alkyl halides is 1. The Morgan fingerprint density at radius 1 is 1.50 bits per heavy atom. The molecule has 0 radical (unpaired) electrons. The molecule has 0 saturated carbocycles. The Hall–Kier alpha value is -0.280. The summed E-state index contributed by atoms with van der Waals surface area (Å²) in [7, 11) is 3.46. The molecule has 0 aromatic heterocycles. The molecule has 14 heavy (non-hydrogen) atoms. The third-order valence-electron chi connectivity index (χ3n) is 2.10. The highest BCUT2D eigenvalue weighted by molar-refractivity contribution is 6.19. The van der Waals surface area contributed by atoms with E-state index in [0.717, 1.165) is 6.42 Å². The highest BCUT2D eigenvalue weighted by Crippen LogP contribution is 2.19. The van der Waals surface area contributed by atoms with Crippen molar-refractivity contribution in [3.63, 3.8) is 0 Å². The van der Waals surface area contributed by atoms with Gasteiger partial charge in [0.1, 0.15) is 0 Å². The van der Waals surface area contributed by atoms with E-state index in [-0.39, 0.29) is 5.91 Å². The summed E-state index contributed by atoms with van der Waals surface area (Å²) in [6, 6.07) is 0. The lowest BCUT2D eigenvalue weighted by Crippen LogP contribution is -2.40. The molecule has 0 rings (SSSR count). The quantitative estimate of drug-likeness (QED) is 0.505. The molecule has 0 spiro atoms. The first kappa shape index (κ1) is 13.7. The van der Waals surface area contributed by atoms with E-state index in [1.165, 1.54) is 0 Å². The molecule has 4 heteroatoms. The second-order valence-corrected chi connectivity index (χ2v) is 4.36. The maximum Gasteiger partial charge on any atom is 0.229 e. The van der Waals surface area contributed by atoms with E-state index in [2.05, 4.69) is 0 Å². The Morgan fingerprint density at radius 2 is 2.07 bits per heavy atom. The number of ether oxygens (including phenoxy) is 1. The molecule has 3 nitrogen and oxygen atoms in total. The van der Waals surface area contributed by atoms with Crippen molar-refractivity contribution in [2.24, 2.45) is 5.41 Å². The fourth-order valence-corrected chi connectivity index (χ4v) is 1.24. The molecule has 0 N–H and O–H groups in total. The molecular formula is C10H20ClNO2. The molecular weight excluding hydrogens is 202 g/mol. The number of hydrogen-bond donors (Lipinski definition) is 0. The van der Waals surface area contributed by atoms with Crippen molar-refractivity contribution in [3.05, 3.63) is 0 Å². The first-order valence-corrected chi connectivity index (χ1v) is 5.29. The number of carbonyl (C=O) groups is 1. The molecule has 0 aliphatic carbocycles. The average Bonchev–Trinajstić information content (AvgIpc) is 2.17. The van der Waals surface area contributed by atoms with Crippen LogP contribution in [0.1, 0.15) is 20.3 Å². The molecule has 0 aromatic rings. The topological polar surface area (TPSA) is 29.5 Å². The van der Waals surface area contributed by atoms with Crippen LogP contribution in [-0.4, -0.2) is 44.0 Å². The number of carbonyl (C=O) groups excluding carboxylic acids is 1. The minimum absolute atomic E-state index is 0.0867. The zero-order valence-electron chi connectivity index (χ0n) is 9.47. The Labute approximate surface area is 91.4 Å². The van der Waals surface area contributed by atoms with Crippen molar-refractivity contribution >= 4 is 17.5 Å². The molecule has 1 amide bonds. The lowest BCUT2D eigenvalue weighted by molar-refractivity contribution is -0.138. The third kappa shape index (κ3) is 4.29. The van der Waals surface area contributed by atoms with Gasteiger partial charge in [0.25, 0.3) is 0 Å². The molecule has 0 aromatic carbocycles. The van der Waals surface area contributed by atoms with E-state index in [1.54, 1.807) is 19.1 Å². The van der Waals surface area contributed by atoms with E-state index >= 15 is 0 Å². The number of methoxy groups -OCH3 is 1. The van der Waals surface area contributed by atoms with E-state index in [9.17, 15) is 4.79 Å². The molecule has 0 aliphatic rings. The van der Waals surface area contributed by atoms with Gasteiger partial charge in [-0.05, 0) is 20.3 Å². The van der Waals surface area contributed by atoms with Crippen LogP contribution in [-0.2, 0) is 9.53 Å². The summed E-state index contributed by atoms with van der Waals surface area (Å²) >= 11 is 5.72. The SMILES string of the molecule is COCCCN(C)C(=O)C(C)(C)CCl. The molecule has 0 saturated heterocycles. The minimum atomic E-state index is -0.469. The lowest BCUT2D eigenvalue weighted by Gasteiger charge is -2.27. The van der Waals surface area contributed by atoms with Gasteiger partial charge in [-0.1, -0.05) is 0 Å². The van der Waals surface area contributed by atoms with Crippen LogP contribution in [0.15, 0.2) is 0 Å². The summed E-state index contributed by atoms with van der Waals surface area (Å²) in [5.41, 5.74) is -0.469. The summed E-state index contributed by atoms with van der Waals surface area (Å²) in [6.07, 6.45) is 0.858. The Balaban J connectivity index is 3.99. The van der Waals surface area contributed by atoms with Gasteiger partial charge >= 0.3 is 0 Å². The smallest absolute Gasteiger partial charge is 0.229 e. The van der Waals surface area contributed by atoms with Gasteiger partial charge in [-0.15, -0.1) is 11.6 Å². The van der Waals surface area contributed by atoms with Gasteiger partial charge in [-0.2, -0.15) is 0 Å². The van der Waals surface area contributed by atoms with Crippen LogP contribution in [0, 0.1) is 5.41 Å². The summed E-state index contributed by atoms with van der Waals surface area (Å²) in [5, 5.41) is 0. The Kier molecular flexibility index (Phi) is 6.12. The number of hydrogen-bond acceptors (Lipinski definition) is 2. The summed E-state index contributed by atoms with van der Waals surface area (Å²) < 4.78 is 4.92. The normalized spacial score (nSPS) is 11.5. The van der Waals surface area contributed by atoms with Gasteiger partial charge in [0.15, 0.2) is 0 Å². The Bertz CT molecular complexity index is 183. The van der Waals surface area contributed by atoms with Crippen molar-refractivity contribution in [1.82, 2.24) is 4.90 Å². The fraction of sp³-hybridized carbons (Fsp3) is 0.900. The van der Waals surface area contributed by atoms with Crippen molar-refractivity contribution in [2.75, 3.05) is 33.2 Å². The summed E-state index contributed by atoms with van der Waals surface area (Å²) in [4.78, 5) is 13.5. The fourth-order valence-electron chi connectivity index (χ4n) is 1.12. The molecule has 0 bridgehead atoms. The summed E-state index contributed by atoms with van der Waals surface area (Å²) in [5.74, 6) is 0.434. The van der Waals surface area contributed by atoms with Crippen molar-refractivity contribution < 1.29 is 9.53 Å². The number of halogens is 1. The van der Waals surface area contributed by atoms with E-state index in [1.807, 2.05) is 13.8 Å². The van der Waals surface area contributed by atoms with Crippen molar-refractivity contribution in [2.45, 2.75) is 20.3 Å². The molecule has 0 heterocycles. The lowest BCUT2D eigenvalue weighted by atomic mass is 9.94. The van der Waals surface area contributed by atoms with E-state index in [0.29, 0.717) is 19.0 Å². The van der Waals surface area contributed by atoms with Crippen LogP contribution in [0.25, 0.3) is 0 Å². The number of amides is 1. The highest BCUT2D eigenvalue weighted by atomic mass is 35.5. The molecule has 0 aliphatic heterocycles. The van der Waals surface area contributed by atoms with Gasteiger partial charge in [-0.25, -0.2) is 0 Å². The van der Waals surface area contributed by atoms with Crippen LogP contribution in [0.4, 0.5) is 0 Å². The predicted molar refractivity (Wildman–Crippen MR) is 58.6 cm³/mol. The molecule has 0 unspecified atom stereocenters. The van der Waals surface area contributed by atoms with Crippen LogP contribution < -0.4 is 0 Å². The van der Waals surface area contributed by atoms with Crippen LogP contribution in [0.3, 0.4) is 0 Å². The zero-order chi connectivity index (χ0) is 11.2. The monoisotopic (exact) mass is 221 g/mol. The number of rotatable bonds is 6. The summed E-state index contributed by atoms with van der Waals surface area (Å²) in [6.45, 7) is 5.11. The van der Waals surface area contributed by atoms with Gasteiger partial charge < -0.3 is 9.64 Å². The van der Waals surface area contributed by atoms with Crippen LogP contribution >= 0.6 is 11.6 Å². The van der Waals surface area contributed by atoms with Gasteiger partial charge in [-0.3, -0.25) is 4.79 Å². The standard InChI is InChI=1S/C10H20ClNO2/c1-10(2,8-11)9(13)12(3)6-5-7-14-4/h5-8H2,1-4H3. The predicted octanol–water partition coefficient (Wildman–Crippen LogP) is 1.75. The largest absolute Gasteiger partial charge is 0.385 e. The first-order chi connectivity index (χ1) is 6.45. The second-order valence-electron chi connectivity index (χ2n) is 4.09. The average molecular weight is 222 g/mol. The van der Waals surface area contributed by atoms with Gasteiger partial charge in [0, 0.05) is 33.2 Å². The van der Waals surface area contributed by atoms with E-state index in [4.69, 9.17) is 16.3 Å². The molecule has 0 fully saturated rings. The second kappa shape index (κ2) is 6.25. The van der Waals surface area contributed by atoms with Gasteiger partial charge in [0.2, 0.25) is 5.91 Å². The highest BCUT2D eigenvalue weighted by Gasteiger charge is 2.28. The van der Waals surface area contributed by atoms with Crippen molar-refractivity contribution in [1.29, 1.82) is 0 Å². The van der Waals surface area contributed by atoms with Crippen LogP contribution in [0.5, 0.6) is 0 Å². The Morgan fingerprint density at radius 3 is 2.50 bits per heavy atom. The third-order valence-corrected chi connectivity index (χ3v) is 2.77. The first-order valence-electron chi connectivity index (χ1n) is 4.76. The minimum Gasteiger partial charge on any atom is -0.385 e. The molecule has 0 atom stereocenters. The maximum absolute atomic E-state index is 11.8. The van der Waals surface area contributed by atoms with Crippen LogP contribution in [0.2, 0.25) is 0 Å². The maximum atomic E-state index is 11.8. The molecule has 84 valence electrons. The zero-order valence-corrected chi connectivity index (χ0v) is 10.2. The van der Waals surface area contributed by atoms with Gasteiger partial charge in [0.05, 0.1) is 5.41 Å². The number of nitrogens with zero attached hydrogens (tertiary/aromatic N) is 1. The van der Waals surface area contributed by atoms with E-state index < -0.39 is 5.41 Å². The van der Waals surface area contributed by atoms with Crippen molar-refractivity contribution in [3.8, 4) is 0 Å².